The number of rotatable bonds is 8. The van der Waals surface area contributed by atoms with Gasteiger partial charge in [-0.25, -0.2) is 13.1 Å². The fourth-order valence-electron chi connectivity index (χ4n) is 1.48. The van der Waals surface area contributed by atoms with Crippen molar-refractivity contribution in [1.29, 1.82) is 0 Å². The fraction of sp³-hybridized carbons (Fsp3) is 0.538. The summed E-state index contributed by atoms with van der Waals surface area (Å²) in [6, 6.07) is 6.72. The van der Waals surface area contributed by atoms with E-state index in [-0.39, 0.29) is 19.0 Å². The fourth-order valence-corrected chi connectivity index (χ4v) is 2.84. The van der Waals surface area contributed by atoms with Crippen LogP contribution in [0, 0.1) is 0 Å². The topological polar surface area (TPSA) is 102 Å². The van der Waals surface area contributed by atoms with Crippen molar-refractivity contribution in [1.82, 2.24) is 4.72 Å². The Morgan fingerprint density at radius 2 is 1.95 bits per heavy atom. The first-order valence-corrected chi connectivity index (χ1v) is 8.06. The summed E-state index contributed by atoms with van der Waals surface area (Å²) in [5.74, 6) is 0.391. The SMILES string of the molecule is CCC(C)(CO)NS(=O)(=O)CCOc1ccc(N)cc1. The molecule has 1 rings (SSSR count). The highest BCUT2D eigenvalue weighted by molar-refractivity contribution is 7.89. The van der Waals surface area contributed by atoms with Gasteiger partial charge in [-0.2, -0.15) is 0 Å². The summed E-state index contributed by atoms with van der Waals surface area (Å²) in [5.41, 5.74) is 5.32. The van der Waals surface area contributed by atoms with E-state index in [4.69, 9.17) is 10.5 Å². The zero-order valence-electron chi connectivity index (χ0n) is 11.8. The lowest BCUT2D eigenvalue weighted by molar-refractivity contribution is 0.190. The lowest BCUT2D eigenvalue weighted by atomic mass is 10.0. The minimum Gasteiger partial charge on any atom is -0.492 e. The molecule has 0 spiro atoms. The van der Waals surface area contributed by atoms with E-state index in [1.165, 1.54) is 0 Å². The van der Waals surface area contributed by atoms with Gasteiger partial charge in [-0.15, -0.1) is 0 Å². The summed E-state index contributed by atoms with van der Waals surface area (Å²) >= 11 is 0. The van der Waals surface area contributed by atoms with Crippen molar-refractivity contribution in [2.45, 2.75) is 25.8 Å². The van der Waals surface area contributed by atoms with Gasteiger partial charge in [-0.3, -0.25) is 0 Å². The van der Waals surface area contributed by atoms with Crippen LogP contribution in [-0.4, -0.2) is 38.0 Å². The molecule has 0 aromatic heterocycles. The summed E-state index contributed by atoms with van der Waals surface area (Å²) in [7, 11) is -3.50. The van der Waals surface area contributed by atoms with Crippen LogP contribution in [0.4, 0.5) is 5.69 Å². The largest absolute Gasteiger partial charge is 0.492 e. The van der Waals surface area contributed by atoms with E-state index >= 15 is 0 Å². The summed E-state index contributed by atoms with van der Waals surface area (Å²) in [6.07, 6.45) is 0.502. The van der Waals surface area contributed by atoms with Crippen molar-refractivity contribution < 1.29 is 18.3 Å². The van der Waals surface area contributed by atoms with E-state index in [2.05, 4.69) is 4.72 Å². The maximum atomic E-state index is 11.9. The average Bonchev–Trinajstić information content (AvgIpc) is 2.40. The van der Waals surface area contributed by atoms with Crippen LogP contribution in [0.3, 0.4) is 0 Å². The first kappa shape index (κ1) is 16.7. The van der Waals surface area contributed by atoms with E-state index < -0.39 is 15.6 Å². The number of nitrogens with two attached hydrogens (primary N) is 1. The van der Waals surface area contributed by atoms with Crippen LogP contribution in [0.15, 0.2) is 24.3 Å². The first-order valence-electron chi connectivity index (χ1n) is 6.41. The Kier molecular flexibility index (Phi) is 5.79. The number of hydrogen-bond acceptors (Lipinski definition) is 5. The third-order valence-corrected chi connectivity index (χ3v) is 4.54. The number of sulfonamides is 1. The molecule has 1 aromatic carbocycles. The third kappa shape index (κ3) is 5.36. The Morgan fingerprint density at radius 3 is 2.45 bits per heavy atom. The zero-order chi connectivity index (χ0) is 15.2. The van der Waals surface area contributed by atoms with E-state index in [9.17, 15) is 13.5 Å². The van der Waals surface area contributed by atoms with E-state index in [1.807, 2.05) is 6.92 Å². The maximum Gasteiger partial charge on any atom is 0.215 e. The van der Waals surface area contributed by atoms with Gasteiger partial charge in [0.1, 0.15) is 12.4 Å². The Bertz CT molecular complexity index is 510. The highest BCUT2D eigenvalue weighted by Crippen LogP contribution is 2.13. The first-order chi connectivity index (χ1) is 9.30. The summed E-state index contributed by atoms with van der Waals surface area (Å²) in [6.45, 7) is 3.25. The van der Waals surface area contributed by atoms with Gasteiger partial charge in [0, 0.05) is 5.69 Å². The van der Waals surface area contributed by atoms with Gasteiger partial charge in [0.05, 0.1) is 17.9 Å². The number of anilines is 1. The molecule has 1 atom stereocenters. The molecule has 0 saturated carbocycles. The number of nitrogen functional groups attached to an aromatic ring is 1. The van der Waals surface area contributed by atoms with Crippen LogP contribution >= 0.6 is 0 Å². The molecule has 0 radical (unpaired) electrons. The monoisotopic (exact) mass is 302 g/mol. The minimum atomic E-state index is -3.50. The highest BCUT2D eigenvalue weighted by atomic mass is 32.2. The van der Waals surface area contributed by atoms with E-state index in [0.717, 1.165) is 0 Å². The van der Waals surface area contributed by atoms with E-state index in [0.29, 0.717) is 17.9 Å². The maximum absolute atomic E-state index is 11.9. The zero-order valence-corrected chi connectivity index (χ0v) is 12.6. The van der Waals surface area contributed by atoms with Gasteiger partial charge in [-0.05, 0) is 37.6 Å². The van der Waals surface area contributed by atoms with Crippen LogP contribution in [0.2, 0.25) is 0 Å². The van der Waals surface area contributed by atoms with Crippen molar-refractivity contribution in [3.05, 3.63) is 24.3 Å². The Morgan fingerprint density at radius 1 is 1.35 bits per heavy atom. The number of aliphatic hydroxyl groups is 1. The van der Waals surface area contributed by atoms with Crippen LogP contribution in [-0.2, 0) is 10.0 Å². The molecule has 0 aliphatic heterocycles. The predicted octanol–water partition coefficient (Wildman–Crippen LogP) is 0.728. The van der Waals surface area contributed by atoms with Crippen molar-refractivity contribution in [3.8, 4) is 5.75 Å². The summed E-state index contributed by atoms with van der Waals surface area (Å²) in [4.78, 5) is 0. The molecule has 4 N–H and O–H groups in total. The van der Waals surface area contributed by atoms with Crippen LogP contribution in [0.1, 0.15) is 20.3 Å². The quantitative estimate of drug-likeness (QED) is 0.614. The lowest BCUT2D eigenvalue weighted by Crippen LogP contribution is -2.49. The molecule has 0 heterocycles. The van der Waals surface area contributed by atoms with Crippen LogP contribution < -0.4 is 15.2 Å². The molecule has 0 bridgehead atoms. The van der Waals surface area contributed by atoms with Crippen LogP contribution in [0.5, 0.6) is 5.75 Å². The molecule has 0 aliphatic rings. The second-order valence-electron chi connectivity index (χ2n) is 4.91. The van der Waals surface area contributed by atoms with E-state index in [1.54, 1.807) is 31.2 Å². The highest BCUT2D eigenvalue weighted by Gasteiger charge is 2.27. The number of nitrogens with one attached hydrogen (secondary N) is 1. The van der Waals surface area contributed by atoms with Gasteiger partial charge < -0.3 is 15.6 Å². The summed E-state index contributed by atoms with van der Waals surface area (Å²) < 4.78 is 31.6. The smallest absolute Gasteiger partial charge is 0.215 e. The Balaban J connectivity index is 2.49. The molecule has 1 unspecified atom stereocenters. The molecule has 0 saturated heterocycles. The predicted molar refractivity (Wildman–Crippen MR) is 79.1 cm³/mol. The third-order valence-electron chi connectivity index (χ3n) is 3.03. The normalized spacial score (nSPS) is 14.8. The molecule has 0 fully saturated rings. The Hall–Kier alpha value is -1.31. The lowest BCUT2D eigenvalue weighted by Gasteiger charge is -2.26. The minimum absolute atomic E-state index is 0.0322. The van der Waals surface area contributed by atoms with Gasteiger partial charge >= 0.3 is 0 Å². The second kappa shape index (κ2) is 6.92. The summed E-state index contributed by atoms with van der Waals surface area (Å²) in [5, 5.41) is 9.21. The van der Waals surface area contributed by atoms with Gasteiger partial charge in [0.15, 0.2) is 0 Å². The van der Waals surface area contributed by atoms with Gasteiger partial charge in [0.25, 0.3) is 0 Å². The molecule has 114 valence electrons. The molecule has 0 aliphatic carbocycles. The van der Waals surface area contributed by atoms with Crippen molar-refractivity contribution in [2.75, 3.05) is 24.7 Å². The number of ether oxygens (including phenoxy) is 1. The molecule has 7 heteroatoms. The molecular formula is C13H22N2O4S. The molecule has 1 aromatic rings. The molecule has 6 nitrogen and oxygen atoms in total. The standard InChI is InChI=1S/C13H22N2O4S/c1-3-13(2,10-16)15-20(17,18)9-8-19-12-6-4-11(14)5-7-12/h4-7,15-16H,3,8-10,14H2,1-2H3. The van der Waals surface area contributed by atoms with Crippen molar-refractivity contribution >= 4 is 15.7 Å². The van der Waals surface area contributed by atoms with Crippen molar-refractivity contribution in [2.24, 2.45) is 0 Å². The van der Waals surface area contributed by atoms with Gasteiger partial charge in [-0.1, -0.05) is 6.92 Å². The Labute approximate surface area is 120 Å². The number of hydrogen-bond donors (Lipinski definition) is 3. The number of aliphatic hydroxyl groups excluding tert-OH is 1. The van der Waals surface area contributed by atoms with Crippen molar-refractivity contribution in [3.63, 3.8) is 0 Å². The molecular weight excluding hydrogens is 280 g/mol. The second-order valence-corrected chi connectivity index (χ2v) is 6.75. The van der Waals surface area contributed by atoms with Crippen LogP contribution in [0.25, 0.3) is 0 Å². The average molecular weight is 302 g/mol. The number of benzene rings is 1. The van der Waals surface area contributed by atoms with Gasteiger partial charge in [0.2, 0.25) is 10.0 Å². The molecule has 0 amide bonds. The molecule has 20 heavy (non-hydrogen) atoms.